The Morgan fingerprint density at radius 1 is 1.05 bits per heavy atom. The lowest BCUT2D eigenvalue weighted by Crippen LogP contribution is -2.48. The van der Waals surface area contributed by atoms with E-state index in [-0.39, 0.29) is 30.7 Å². The number of halogens is 1. The van der Waals surface area contributed by atoms with Gasteiger partial charge in [-0.2, -0.15) is 5.10 Å². The summed E-state index contributed by atoms with van der Waals surface area (Å²) in [5.41, 5.74) is 5.96. The number of rotatable bonds is 10. The first-order valence-electron chi connectivity index (χ1n) is 14.6. The van der Waals surface area contributed by atoms with Crippen LogP contribution in [-0.2, 0) is 35.6 Å². The summed E-state index contributed by atoms with van der Waals surface area (Å²) in [6.45, 7) is 6.86. The van der Waals surface area contributed by atoms with Gasteiger partial charge in [0.1, 0.15) is 5.82 Å². The van der Waals surface area contributed by atoms with Crippen LogP contribution < -0.4 is 10.2 Å². The Kier molecular flexibility index (Phi) is 8.69. The lowest BCUT2D eigenvalue weighted by atomic mass is 10.1. The molecule has 0 saturated heterocycles. The van der Waals surface area contributed by atoms with E-state index in [2.05, 4.69) is 23.0 Å². The van der Waals surface area contributed by atoms with Gasteiger partial charge in [-0.25, -0.2) is 9.40 Å². The molecule has 1 aromatic heterocycles. The van der Waals surface area contributed by atoms with Crippen molar-refractivity contribution in [2.75, 3.05) is 31.6 Å². The number of aromatic nitrogens is 2. The molecule has 3 aromatic rings. The maximum atomic E-state index is 13.8. The molecule has 8 nitrogen and oxygen atoms in total. The fraction of sp³-hybridized carbons (Fsp3) is 0.516. The Morgan fingerprint density at radius 2 is 1.88 bits per heavy atom. The first-order valence-corrected chi connectivity index (χ1v) is 14.6. The number of anilines is 1. The number of unbranched alkanes of at least 4 members (excludes halogenated alkanes) is 2. The molecule has 5 rings (SSSR count). The predicted molar refractivity (Wildman–Crippen MR) is 155 cm³/mol. The van der Waals surface area contributed by atoms with Crippen molar-refractivity contribution in [1.29, 1.82) is 0 Å². The van der Waals surface area contributed by atoms with Gasteiger partial charge < -0.3 is 10.2 Å². The maximum absolute atomic E-state index is 13.8. The lowest BCUT2D eigenvalue weighted by molar-refractivity contribution is -0.145. The third kappa shape index (κ3) is 6.14. The van der Waals surface area contributed by atoms with Crippen LogP contribution in [0.2, 0.25) is 0 Å². The lowest BCUT2D eigenvalue weighted by Gasteiger charge is -2.32. The van der Waals surface area contributed by atoms with Crippen LogP contribution in [0, 0.1) is 12.7 Å². The van der Waals surface area contributed by atoms with Gasteiger partial charge in [0.05, 0.1) is 18.6 Å². The van der Waals surface area contributed by atoms with E-state index in [1.165, 1.54) is 30.7 Å². The molecule has 0 aliphatic carbocycles. The van der Waals surface area contributed by atoms with Gasteiger partial charge in [0.25, 0.3) is 5.91 Å². The summed E-state index contributed by atoms with van der Waals surface area (Å²) in [6, 6.07) is 8.98. The molecule has 0 spiro atoms. The molecule has 214 valence electrons. The van der Waals surface area contributed by atoms with Gasteiger partial charge in [0.2, 0.25) is 5.91 Å². The van der Waals surface area contributed by atoms with Gasteiger partial charge in [-0.3, -0.25) is 19.3 Å². The molecule has 0 saturated carbocycles. The van der Waals surface area contributed by atoms with Crippen molar-refractivity contribution in [2.24, 2.45) is 0 Å². The number of hydrogen-bond acceptors (Lipinski definition) is 5. The Labute approximate surface area is 236 Å². The first-order chi connectivity index (χ1) is 19.3. The van der Waals surface area contributed by atoms with E-state index in [1.54, 1.807) is 18.1 Å². The van der Waals surface area contributed by atoms with E-state index in [0.717, 1.165) is 71.9 Å². The van der Waals surface area contributed by atoms with Crippen molar-refractivity contribution in [1.82, 2.24) is 25.1 Å². The highest BCUT2D eigenvalue weighted by Crippen LogP contribution is 2.31. The van der Waals surface area contributed by atoms with Crippen LogP contribution in [0.5, 0.6) is 0 Å². The summed E-state index contributed by atoms with van der Waals surface area (Å²) < 4.78 is 15.9. The number of benzene rings is 2. The Morgan fingerprint density at radius 3 is 2.70 bits per heavy atom. The summed E-state index contributed by atoms with van der Waals surface area (Å²) in [7, 11) is 1.75. The van der Waals surface area contributed by atoms with Crippen molar-refractivity contribution in [3.8, 4) is 0 Å². The minimum Gasteiger partial charge on any atom is -0.355 e. The minimum atomic E-state index is -0.270. The average molecular weight is 549 g/mol. The van der Waals surface area contributed by atoms with Crippen LogP contribution in [-0.4, -0.2) is 58.3 Å². The van der Waals surface area contributed by atoms with Crippen molar-refractivity contribution < 1.29 is 14.0 Å². The number of fused-ring (bicyclic) bond motifs is 4. The second-order valence-corrected chi connectivity index (χ2v) is 11.2. The van der Waals surface area contributed by atoms with Gasteiger partial charge in [-0.05, 0) is 73.6 Å². The molecular weight excluding hydrogens is 507 g/mol. The topological polar surface area (TPSA) is 73.7 Å². The van der Waals surface area contributed by atoms with E-state index >= 15 is 0 Å². The smallest absolute Gasteiger partial charge is 0.256 e. The van der Waals surface area contributed by atoms with E-state index < -0.39 is 0 Å². The van der Waals surface area contributed by atoms with Crippen LogP contribution in [0.3, 0.4) is 0 Å². The molecule has 2 aliphatic rings. The zero-order chi connectivity index (χ0) is 28.2. The molecule has 2 amide bonds. The first kappa shape index (κ1) is 28.1. The van der Waals surface area contributed by atoms with Gasteiger partial charge in [-0.1, -0.05) is 32.3 Å². The quantitative estimate of drug-likeness (QED) is 0.372. The monoisotopic (exact) mass is 548 g/mol. The molecule has 1 N–H and O–H groups in total. The molecule has 0 atom stereocenters. The van der Waals surface area contributed by atoms with E-state index in [4.69, 9.17) is 5.10 Å². The van der Waals surface area contributed by atoms with Gasteiger partial charge in [-0.15, -0.1) is 0 Å². The van der Waals surface area contributed by atoms with Crippen molar-refractivity contribution in [3.63, 3.8) is 0 Å². The highest BCUT2D eigenvalue weighted by atomic mass is 19.1. The van der Waals surface area contributed by atoms with Crippen LogP contribution in [0.4, 0.5) is 10.1 Å². The number of hydrogen-bond donors (Lipinski definition) is 1. The normalized spacial score (nSPS) is 15.0. The molecule has 9 heteroatoms. The fourth-order valence-electron chi connectivity index (χ4n) is 5.89. The summed E-state index contributed by atoms with van der Waals surface area (Å²) in [4.78, 5) is 28.5. The summed E-state index contributed by atoms with van der Waals surface area (Å²) in [5, 5.41) is 12.6. The third-order valence-corrected chi connectivity index (χ3v) is 8.21. The van der Waals surface area contributed by atoms with E-state index in [9.17, 15) is 14.0 Å². The van der Waals surface area contributed by atoms with E-state index in [0.29, 0.717) is 19.6 Å². The number of carbonyl (C=O) groups excluding carboxylic acids is 2. The summed E-state index contributed by atoms with van der Waals surface area (Å²) in [6.07, 6.45) is 7.62. The molecule has 2 aromatic carbocycles. The van der Waals surface area contributed by atoms with Crippen LogP contribution in [0.25, 0.3) is 10.9 Å². The Balaban J connectivity index is 1.37. The number of carbonyl (C=O) groups is 2. The summed E-state index contributed by atoms with van der Waals surface area (Å²) >= 11 is 0. The van der Waals surface area contributed by atoms with Crippen LogP contribution in [0.15, 0.2) is 30.3 Å². The molecule has 0 bridgehead atoms. The van der Waals surface area contributed by atoms with Crippen molar-refractivity contribution in [3.05, 3.63) is 58.5 Å². The molecule has 40 heavy (non-hydrogen) atoms. The zero-order valence-corrected chi connectivity index (χ0v) is 24.0. The second-order valence-electron chi connectivity index (χ2n) is 11.2. The highest BCUT2D eigenvalue weighted by Gasteiger charge is 2.28. The third-order valence-electron chi connectivity index (χ3n) is 8.21. The minimum absolute atomic E-state index is 0.0417. The predicted octanol–water partition coefficient (Wildman–Crippen LogP) is 4.71. The molecule has 3 heterocycles. The zero-order valence-electron chi connectivity index (χ0n) is 24.0. The largest absolute Gasteiger partial charge is 0.355 e. The van der Waals surface area contributed by atoms with Crippen LogP contribution >= 0.6 is 0 Å². The maximum Gasteiger partial charge on any atom is 0.256 e. The molecule has 2 aliphatic heterocycles. The second kappa shape index (κ2) is 12.4. The molecule has 0 fully saturated rings. The Hall–Kier alpha value is -3.46. The van der Waals surface area contributed by atoms with Crippen LogP contribution in [0.1, 0.15) is 67.8 Å². The van der Waals surface area contributed by atoms with Gasteiger partial charge in [0.15, 0.2) is 0 Å². The van der Waals surface area contributed by atoms with Crippen molar-refractivity contribution >= 4 is 28.4 Å². The molecule has 0 radical (unpaired) electrons. The van der Waals surface area contributed by atoms with Crippen molar-refractivity contribution in [2.45, 2.75) is 78.4 Å². The Bertz CT molecular complexity index is 1390. The molecule has 0 unspecified atom stereocenters. The molecular formula is C31H41FN6O2. The fourth-order valence-corrected chi connectivity index (χ4v) is 5.89. The van der Waals surface area contributed by atoms with Gasteiger partial charge >= 0.3 is 0 Å². The number of amides is 2. The average Bonchev–Trinajstić information content (AvgIpc) is 3.41. The number of likely N-dealkylation sites (N-methyl/N-ethyl adjacent to an activating group) is 1. The highest BCUT2D eigenvalue weighted by molar-refractivity contribution is 5.91. The standard InChI is InChI=1S/C31H41FN6O2/c1-4-5-8-13-33-30(39)20-36(21-31(40)35(3)37-18-23-11-12-25(32)16-24(23)19-37)29-17-27-26(15-22(29)2)28-10-7-6-9-14-38(28)34-27/h11-12,15-17H,4-10,13-14,18-21H2,1-3H3,(H,33,39). The van der Waals surface area contributed by atoms with E-state index in [1.807, 2.05) is 22.9 Å². The number of nitrogens with zero attached hydrogens (tertiary/aromatic N) is 5. The number of hydrazine groups is 1. The van der Waals surface area contributed by atoms with Gasteiger partial charge in [0, 0.05) is 50.0 Å². The number of nitrogens with one attached hydrogen (secondary N) is 1. The summed E-state index contributed by atoms with van der Waals surface area (Å²) in [5.74, 6) is -0.504. The SMILES string of the molecule is CCCCCNC(=O)CN(CC(=O)N(C)N1Cc2ccc(F)cc2C1)c1cc2nn3c(c2cc1C)CCCCC3. The number of aryl methyl sites for hydroxylation is 3.